The van der Waals surface area contributed by atoms with Crippen molar-refractivity contribution in [1.29, 1.82) is 0 Å². The second kappa shape index (κ2) is 7.29. The number of piperidine rings is 1. The standard InChI is InChI=1S/C20H23ClN2/c1-3-23-20-14(2)5-4-6-16-13-17(21)7-8-18(16)19(20)15-9-11-22-12-10-15/h3,7-8,13,22H,1-2,4-6,9-12H2. The number of benzene rings is 1. The molecule has 1 fully saturated rings. The first-order valence-corrected chi connectivity index (χ1v) is 8.67. The van der Waals surface area contributed by atoms with Crippen molar-refractivity contribution in [3.63, 3.8) is 0 Å². The lowest BCUT2D eigenvalue weighted by Crippen LogP contribution is -2.25. The van der Waals surface area contributed by atoms with Crippen LogP contribution in [-0.2, 0) is 6.42 Å². The van der Waals surface area contributed by atoms with E-state index in [2.05, 4.69) is 35.6 Å². The summed E-state index contributed by atoms with van der Waals surface area (Å²) in [7, 11) is 0. The summed E-state index contributed by atoms with van der Waals surface area (Å²) in [6.45, 7) is 10.2. The first-order valence-electron chi connectivity index (χ1n) is 8.29. The van der Waals surface area contributed by atoms with Crippen LogP contribution in [0.3, 0.4) is 0 Å². The topological polar surface area (TPSA) is 24.4 Å². The van der Waals surface area contributed by atoms with Crippen molar-refractivity contribution in [2.75, 3.05) is 13.1 Å². The Kier molecular flexibility index (Phi) is 5.14. The van der Waals surface area contributed by atoms with E-state index in [9.17, 15) is 0 Å². The number of hydrogen-bond acceptors (Lipinski definition) is 2. The number of halogens is 1. The van der Waals surface area contributed by atoms with E-state index in [0.717, 1.165) is 61.5 Å². The predicted molar refractivity (Wildman–Crippen MR) is 100 cm³/mol. The normalized spacial score (nSPS) is 20.9. The molecule has 1 saturated heterocycles. The highest BCUT2D eigenvalue weighted by Crippen LogP contribution is 2.35. The van der Waals surface area contributed by atoms with Gasteiger partial charge in [-0.3, -0.25) is 4.99 Å². The van der Waals surface area contributed by atoms with Crippen molar-refractivity contribution in [2.24, 2.45) is 4.99 Å². The van der Waals surface area contributed by atoms with Gasteiger partial charge in [0.1, 0.15) is 0 Å². The molecule has 0 atom stereocenters. The average Bonchev–Trinajstić information content (AvgIpc) is 2.55. The Morgan fingerprint density at radius 3 is 2.65 bits per heavy atom. The zero-order chi connectivity index (χ0) is 16.2. The number of rotatable bonds is 1. The maximum Gasteiger partial charge on any atom is 0.0733 e. The van der Waals surface area contributed by atoms with Gasteiger partial charge in [0.05, 0.1) is 5.71 Å². The number of allylic oxidation sites excluding steroid dienone is 2. The lowest BCUT2D eigenvalue weighted by molar-refractivity contribution is 0.612. The summed E-state index contributed by atoms with van der Waals surface area (Å²) >= 11 is 6.24. The van der Waals surface area contributed by atoms with Crippen LogP contribution in [-0.4, -0.2) is 18.8 Å². The molecule has 0 amide bonds. The summed E-state index contributed by atoms with van der Waals surface area (Å²) in [6, 6.07) is 6.25. The molecule has 2 aliphatic rings. The molecule has 1 aromatic rings. The minimum Gasteiger partial charge on any atom is -0.316 e. The van der Waals surface area contributed by atoms with Gasteiger partial charge >= 0.3 is 0 Å². The molecular weight excluding hydrogens is 304 g/mol. The molecule has 1 N–H and O–H groups in total. The number of hydrogen-bond donors (Lipinski definition) is 1. The third-order valence-electron chi connectivity index (χ3n) is 4.61. The van der Waals surface area contributed by atoms with E-state index in [4.69, 9.17) is 11.6 Å². The Bertz CT molecular complexity index is 690. The van der Waals surface area contributed by atoms with Crippen molar-refractivity contribution in [3.05, 3.63) is 64.9 Å². The van der Waals surface area contributed by atoms with E-state index in [0.29, 0.717) is 0 Å². The molecule has 1 aliphatic carbocycles. The number of fused-ring (bicyclic) bond motifs is 1. The molecule has 0 bridgehead atoms. The van der Waals surface area contributed by atoms with E-state index in [1.54, 1.807) is 6.20 Å². The summed E-state index contributed by atoms with van der Waals surface area (Å²) in [5.74, 6) is 0. The SMILES string of the molecule is C=CN=C1C(=C)CCCc2cc(Cl)ccc2C1=C1CCNCC1. The number of aliphatic imine (C=N–C) groups is 1. The molecule has 0 radical (unpaired) electrons. The minimum atomic E-state index is 0.806. The van der Waals surface area contributed by atoms with E-state index in [-0.39, 0.29) is 0 Å². The second-order valence-electron chi connectivity index (χ2n) is 6.15. The Labute approximate surface area is 143 Å². The second-order valence-corrected chi connectivity index (χ2v) is 6.58. The lowest BCUT2D eigenvalue weighted by atomic mass is 9.81. The molecule has 23 heavy (non-hydrogen) atoms. The minimum absolute atomic E-state index is 0.806. The third-order valence-corrected chi connectivity index (χ3v) is 4.85. The Morgan fingerprint density at radius 1 is 1.13 bits per heavy atom. The van der Waals surface area contributed by atoms with E-state index >= 15 is 0 Å². The zero-order valence-corrected chi connectivity index (χ0v) is 14.3. The molecule has 0 aromatic heterocycles. The van der Waals surface area contributed by atoms with Crippen LogP contribution in [0.1, 0.15) is 36.8 Å². The van der Waals surface area contributed by atoms with Crippen LogP contribution >= 0.6 is 11.6 Å². The van der Waals surface area contributed by atoms with Gasteiger partial charge in [-0.25, -0.2) is 0 Å². The largest absolute Gasteiger partial charge is 0.316 e. The Hall–Kier alpha value is -1.64. The molecule has 1 heterocycles. The fraction of sp³-hybridized carbons (Fsp3) is 0.350. The van der Waals surface area contributed by atoms with Crippen molar-refractivity contribution < 1.29 is 0 Å². The predicted octanol–water partition coefficient (Wildman–Crippen LogP) is 4.95. The highest BCUT2D eigenvalue weighted by Gasteiger charge is 2.23. The molecular formula is C20H23ClN2. The molecule has 0 unspecified atom stereocenters. The fourth-order valence-electron chi connectivity index (χ4n) is 3.51. The molecule has 0 spiro atoms. The summed E-state index contributed by atoms with van der Waals surface area (Å²) in [4.78, 5) is 4.61. The first kappa shape index (κ1) is 16.2. The van der Waals surface area contributed by atoms with Gasteiger partial charge in [0.25, 0.3) is 0 Å². The van der Waals surface area contributed by atoms with Gasteiger partial charge in [-0.1, -0.05) is 36.4 Å². The van der Waals surface area contributed by atoms with Gasteiger partial charge in [-0.2, -0.15) is 0 Å². The van der Waals surface area contributed by atoms with Crippen LogP contribution in [0.15, 0.2) is 53.7 Å². The first-order chi connectivity index (χ1) is 11.2. The highest BCUT2D eigenvalue weighted by atomic mass is 35.5. The smallest absolute Gasteiger partial charge is 0.0733 e. The molecule has 2 nitrogen and oxygen atoms in total. The van der Waals surface area contributed by atoms with E-state index in [1.165, 1.54) is 22.3 Å². The molecule has 1 aromatic carbocycles. The summed E-state index contributed by atoms with van der Waals surface area (Å²) in [5.41, 5.74) is 7.46. The van der Waals surface area contributed by atoms with Crippen molar-refractivity contribution >= 4 is 22.9 Å². The van der Waals surface area contributed by atoms with Crippen LogP contribution in [0.25, 0.3) is 5.57 Å². The van der Waals surface area contributed by atoms with Crippen LogP contribution in [0.5, 0.6) is 0 Å². The van der Waals surface area contributed by atoms with Gasteiger partial charge < -0.3 is 5.32 Å². The summed E-state index contributed by atoms with van der Waals surface area (Å²) < 4.78 is 0. The van der Waals surface area contributed by atoms with Gasteiger partial charge in [-0.15, -0.1) is 0 Å². The van der Waals surface area contributed by atoms with Crippen molar-refractivity contribution in [2.45, 2.75) is 32.1 Å². The van der Waals surface area contributed by atoms with Crippen molar-refractivity contribution in [1.82, 2.24) is 5.32 Å². The van der Waals surface area contributed by atoms with E-state index in [1.807, 2.05) is 6.07 Å². The molecule has 0 saturated carbocycles. The van der Waals surface area contributed by atoms with Crippen LogP contribution < -0.4 is 5.32 Å². The summed E-state index contributed by atoms with van der Waals surface area (Å²) in [6.07, 6.45) is 6.83. The molecule has 3 heteroatoms. The maximum absolute atomic E-state index is 6.24. The molecule has 1 aliphatic heterocycles. The maximum atomic E-state index is 6.24. The van der Waals surface area contributed by atoms with Gasteiger partial charge in [0, 0.05) is 16.8 Å². The molecule has 120 valence electrons. The number of aryl methyl sites for hydroxylation is 1. The van der Waals surface area contributed by atoms with Crippen LogP contribution in [0, 0.1) is 0 Å². The van der Waals surface area contributed by atoms with Crippen LogP contribution in [0.4, 0.5) is 0 Å². The van der Waals surface area contributed by atoms with E-state index < -0.39 is 0 Å². The summed E-state index contributed by atoms with van der Waals surface area (Å²) in [5, 5.41) is 4.24. The quantitative estimate of drug-likeness (QED) is 0.775. The van der Waals surface area contributed by atoms with Gasteiger partial charge in [-0.05, 0) is 74.0 Å². The fourth-order valence-corrected chi connectivity index (χ4v) is 3.71. The number of nitrogens with one attached hydrogen (secondary N) is 1. The van der Waals surface area contributed by atoms with Crippen molar-refractivity contribution in [3.8, 4) is 0 Å². The monoisotopic (exact) mass is 326 g/mol. The lowest BCUT2D eigenvalue weighted by Gasteiger charge is -2.26. The van der Waals surface area contributed by atoms with Gasteiger partial charge in [0.15, 0.2) is 0 Å². The average molecular weight is 327 g/mol. The Morgan fingerprint density at radius 2 is 1.91 bits per heavy atom. The number of nitrogens with zero attached hydrogens (tertiary/aromatic N) is 1. The molecule has 3 rings (SSSR count). The Balaban J connectivity index is 2.24. The zero-order valence-electron chi connectivity index (χ0n) is 13.5. The van der Waals surface area contributed by atoms with Crippen LogP contribution in [0.2, 0.25) is 5.02 Å². The third kappa shape index (κ3) is 3.49. The highest BCUT2D eigenvalue weighted by molar-refractivity contribution is 6.33. The van der Waals surface area contributed by atoms with Gasteiger partial charge in [0.2, 0.25) is 0 Å².